The lowest BCUT2D eigenvalue weighted by Gasteiger charge is -2.39. The van der Waals surface area contributed by atoms with Gasteiger partial charge in [-0.25, -0.2) is 0 Å². The highest BCUT2D eigenvalue weighted by Crippen LogP contribution is 2.42. The summed E-state index contributed by atoms with van der Waals surface area (Å²) in [6, 6.07) is 0. The number of hydrogen-bond donors (Lipinski definition) is 0. The first-order chi connectivity index (χ1) is 10.2. The number of rotatable bonds is 5. The zero-order valence-corrected chi connectivity index (χ0v) is 17.1. The maximum atomic E-state index is 12.2. The molecule has 0 spiro atoms. The van der Waals surface area contributed by atoms with Gasteiger partial charge in [-0.1, -0.05) is 20.8 Å². The van der Waals surface area contributed by atoms with E-state index in [9.17, 15) is 9.59 Å². The van der Waals surface area contributed by atoms with E-state index in [1.807, 2.05) is 20.8 Å². The highest BCUT2D eigenvalue weighted by atomic mass is 28.4. The molecular formula is C18H34O4Si. The lowest BCUT2D eigenvalue weighted by molar-refractivity contribution is -0.156. The van der Waals surface area contributed by atoms with Gasteiger partial charge in [0.15, 0.2) is 8.32 Å². The standard InChI is InChI=1S/C18H34O4Si/c1-17(2,3)21-16(20)11-14-9-13(12-19)10-15(14)22-23(7,8)18(4,5)6/h12-15H,9-11H2,1-8H3/t13-,14-,15-/m0/s1. The van der Waals surface area contributed by atoms with Crippen molar-refractivity contribution in [2.24, 2.45) is 11.8 Å². The van der Waals surface area contributed by atoms with Crippen molar-refractivity contribution in [2.75, 3.05) is 0 Å². The second-order valence-electron chi connectivity index (χ2n) is 9.33. The molecule has 0 radical (unpaired) electrons. The molecule has 0 N–H and O–H groups in total. The number of esters is 1. The van der Waals surface area contributed by atoms with Gasteiger partial charge in [-0.2, -0.15) is 0 Å². The van der Waals surface area contributed by atoms with Crippen LogP contribution in [0.15, 0.2) is 0 Å². The fourth-order valence-corrected chi connectivity index (χ4v) is 4.15. The van der Waals surface area contributed by atoms with Crippen molar-refractivity contribution in [3.05, 3.63) is 0 Å². The zero-order valence-electron chi connectivity index (χ0n) is 16.1. The SMILES string of the molecule is CC(C)(C)OC(=O)C[C@@H]1C[C@H](C=O)C[C@@H]1O[Si](C)(C)C(C)(C)C. The summed E-state index contributed by atoms with van der Waals surface area (Å²) in [5.74, 6) is -0.121. The lowest BCUT2D eigenvalue weighted by atomic mass is 10.0. The Balaban J connectivity index is 2.79. The van der Waals surface area contributed by atoms with Gasteiger partial charge in [-0.3, -0.25) is 4.79 Å². The molecule has 134 valence electrons. The molecule has 0 aliphatic heterocycles. The Labute approximate surface area is 142 Å². The Morgan fingerprint density at radius 3 is 2.13 bits per heavy atom. The topological polar surface area (TPSA) is 52.6 Å². The quantitative estimate of drug-likeness (QED) is 0.424. The minimum atomic E-state index is -1.92. The summed E-state index contributed by atoms with van der Waals surface area (Å²) in [5.41, 5.74) is -0.477. The molecule has 1 rings (SSSR count). The fraction of sp³-hybridized carbons (Fsp3) is 0.889. The number of carbonyl (C=O) groups excluding carboxylic acids is 2. The van der Waals surface area contributed by atoms with Crippen molar-refractivity contribution >= 4 is 20.6 Å². The van der Waals surface area contributed by atoms with E-state index in [0.717, 1.165) is 19.1 Å². The second kappa shape index (κ2) is 7.05. The third-order valence-corrected chi connectivity index (χ3v) is 9.46. The maximum absolute atomic E-state index is 12.2. The van der Waals surface area contributed by atoms with Crippen molar-refractivity contribution in [1.29, 1.82) is 0 Å². The first kappa shape index (κ1) is 20.4. The third kappa shape index (κ3) is 6.03. The molecule has 0 aromatic heterocycles. The molecule has 1 aliphatic carbocycles. The average molecular weight is 343 g/mol. The summed E-state index contributed by atoms with van der Waals surface area (Å²) in [6.45, 7) is 16.7. The minimum Gasteiger partial charge on any atom is -0.460 e. The summed E-state index contributed by atoms with van der Waals surface area (Å²) in [4.78, 5) is 23.4. The van der Waals surface area contributed by atoms with Crippen LogP contribution in [0.25, 0.3) is 0 Å². The van der Waals surface area contributed by atoms with E-state index in [4.69, 9.17) is 9.16 Å². The van der Waals surface area contributed by atoms with Crippen LogP contribution >= 0.6 is 0 Å². The maximum Gasteiger partial charge on any atom is 0.306 e. The first-order valence-corrected chi connectivity index (χ1v) is 11.5. The lowest BCUT2D eigenvalue weighted by Crippen LogP contribution is -2.45. The van der Waals surface area contributed by atoms with E-state index in [1.54, 1.807) is 0 Å². The molecule has 4 nitrogen and oxygen atoms in total. The van der Waals surface area contributed by atoms with Gasteiger partial charge in [0.1, 0.15) is 11.9 Å². The minimum absolute atomic E-state index is 0.00259. The summed E-state index contributed by atoms with van der Waals surface area (Å²) in [6.07, 6.45) is 2.78. The Kier molecular flexibility index (Phi) is 6.25. The normalized spacial score (nSPS) is 26.2. The molecule has 3 atom stereocenters. The van der Waals surface area contributed by atoms with Crippen LogP contribution < -0.4 is 0 Å². The van der Waals surface area contributed by atoms with Gasteiger partial charge < -0.3 is 14.0 Å². The van der Waals surface area contributed by atoms with Gasteiger partial charge in [-0.05, 0) is 57.7 Å². The molecule has 1 saturated carbocycles. The second-order valence-corrected chi connectivity index (χ2v) is 14.1. The molecule has 0 aromatic carbocycles. The van der Waals surface area contributed by atoms with Crippen LogP contribution in [0.2, 0.25) is 18.1 Å². The zero-order chi connectivity index (χ0) is 18.1. The molecule has 0 amide bonds. The molecular weight excluding hydrogens is 308 g/mol. The van der Waals surface area contributed by atoms with E-state index in [2.05, 4.69) is 33.9 Å². The van der Waals surface area contributed by atoms with Crippen LogP contribution in [0.1, 0.15) is 60.8 Å². The molecule has 5 heteroatoms. The molecule has 0 saturated heterocycles. The predicted octanol–water partition coefficient (Wildman–Crippen LogP) is 4.33. The third-order valence-electron chi connectivity index (χ3n) is 4.96. The average Bonchev–Trinajstić information content (AvgIpc) is 2.66. The Hall–Kier alpha value is -0.683. The van der Waals surface area contributed by atoms with E-state index >= 15 is 0 Å². The molecule has 0 unspecified atom stereocenters. The van der Waals surface area contributed by atoms with Crippen LogP contribution in [-0.4, -0.2) is 32.3 Å². The summed E-state index contributed by atoms with van der Waals surface area (Å²) in [7, 11) is -1.92. The van der Waals surface area contributed by atoms with Crippen molar-refractivity contribution in [3.8, 4) is 0 Å². The number of carbonyl (C=O) groups is 2. The largest absolute Gasteiger partial charge is 0.460 e. The van der Waals surface area contributed by atoms with Crippen molar-refractivity contribution < 1.29 is 18.8 Å². The number of ether oxygens (including phenoxy) is 1. The van der Waals surface area contributed by atoms with Crippen LogP contribution in [0, 0.1) is 11.8 Å². The van der Waals surface area contributed by atoms with E-state index in [-0.39, 0.29) is 28.9 Å². The van der Waals surface area contributed by atoms with Crippen LogP contribution in [-0.2, 0) is 18.8 Å². The van der Waals surface area contributed by atoms with Crippen LogP contribution in [0.3, 0.4) is 0 Å². The van der Waals surface area contributed by atoms with E-state index < -0.39 is 13.9 Å². The van der Waals surface area contributed by atoms with Gasteiger partial charge >= 0.3 is 5.97 Å². The summed E-state index contributed by atoms with van der Waals surface area (Å²) in [5, 5.41) is 0.114. The molecule has 1 fully saturated rings. The molecule has 1 aliphatic rings. The van der Waals surface area contributed by atoms with Gasteiger partial charge in [-0.15, -0.1) is 0 Å². The molecule has 0 bridgehead atoms. The highest BCUT2D eigenvalue weighted by molar-refractivity contribution is 6.74. The van der Waals surface area contributed by atoms with Crippen LogP contribution in [0.4, 0.5) is 0 Å². The van der Waals surface area contributed by atoms with Crippen molar-refractivity contribution in [3.63, 3.8) is 0 Å². The molecule has 0 heterocycles. The number of hydrogen-bond acceptors (Lipinski definition) is 4. The van der Waals surface area contributed by atoms with Crippen molar-refractivity contribution in [2.45, 2.75) is 90.6 Å². The van der Waals surface area contributed by atoms with Gasteiger partial charge in [0.25, 0.3) is 0 Å². The Bertz CT molecular complexity index is 431. The monoisotopic (exact) mass is 342 g/mol. The smallest absolute Gasteiger partial charge is 0.306 e. The molecule has 0 aromatic rings. The predicted molar refractivity (Wildman–Crippen MR) is 94.8 cm³/mol. The molecule has 23 heavy (non-hydrogen) atoms. The Morgan fingerprint density at radius 2 is 1.70 bits per heavy atom. The highest BCUT2D eigenvalue weighted by Gasteiger charge is 2.44. The van der Waals surface area contributed by atoms with Crippen molar-refractivity contribution in [1.82, 2.24) is 0 Å². The van der Waals surface area contributed by atoms with Gasteiger partial charge in [0, 0.05) is 12.0 Å². The van der Waals surface area contributed by atoms with Crippen LogP contribution in [0.5, 0.6) is 0 Å². The van der Waals surface area contributed by atoms with E-state index in [0.29, 0.717) is 6.42 Å². The Morgan fingerprint density at radius 1 is 1.13 bits per heavy atom. The van der Waals surface area contributed by atoms with E-state index in [1.165, 1.54) is 0 Å². The van der Waals surface area contributed by atoms with Gasteiger partial charge in [0.2, 0.25) is 0 Å². The van der Waals surface area contributed by atoms with Gasteiger partial charge in [0.05, 0.1) is 6.42 Å². The first-order valence-electron chi connectivity index (χ1n) is 8.60. The number of aldehydes is 1. The summed E-state index contributed by atoms with van der Waals surface area (Å²) >= 11 is 0. The fourth-order valence-electron chi connectivity index (χ4n) is 2.75. The summed E-state index contributed by atoms with van der Waals surface area (Å²) < 4.78 is 12.0.